The quantitative estimate of drug-likeness (QED) is 0.853. The Hall–Kier alpha value is -0.940. The van der Waals surface area contributed by atoms with Crippen LogP contribution in [-0.4, -0.2) is 54.2 Å². The van der Waals surface area contributed by atoms with E-state index in [-0.39, 0.29) is 24.6 Å². The van der Waals surface area contributed by atoms with Gasteiger partial charge in [-0.3, -0.25) is 9.69 Å². The number of benzene rings is 1. The van der Waals surface area contributed by atoms with Crippen LogP contribution in [0, 0.1) is 0 Å². The average molecular weight is 284 g/mol. The van der Waals surface area contributed by atoms with Crippen molar-refractivity contribution in [3.05, 3.63) is 34.9 Å². The Morgan fingerprint density at radius 2 is 2.32 bits per heavy atom. The first-order valence-electron chi connectivity index (χ1n) is 6.36. The van der Waals surface area contributed by atoms with Crippen LogP contribution in [-0.2, 0) is 4.74 Å². The molecule has 1 aromatic carbocycles. The number of halogens is 1. The molecule has 0 saturated carbocycles. The van der Waals surface area contributed by atoms with Crippen LogP contribution in [0.5, 0.6) is 0 Å². The van der Waals surface area contributed by atoms with E-state index in [0.717, 1.165) is 0 Å². The summed E-state index contributed by atoms with van der Waals surface area (Å²) in [6.45, 7) is 3.52. The third-order valence-corrected chi connectivity index (χ3v) is 3.35. The molecule has 1 N–H and O–H groups in total. The second-order valence-electron chi connectivity index (χ2n) is 4.88. The van der Waals surface area contributed by atoms with Gasteiger partial charge in [0.2, 0.25) is 0 Å². The number of ketones is 1. The van der Waals surface area contributed by atoms with Crippen LogP contribution in [0.15, 0.2) is 24.3 Å². The number of Topliss-reactive ketones (excluding diaryl/α,β-unsaturated/α-hetero) is 1. The minimum Gasteiger partial charge on any atom is -0.394 e. The highest BCUT2D eigenvalue weighted by Gasteiger charge is 2.26. The van der Waals surface area contributed by atoms with Gasteiger partial charge in [0.15, 0.2) is 5.78 Å². The predicted molar refractivity (Wildman–Crippen MR) is 73.6 cm³/mol. The summed E-state index contributed by atoms with van der Waals surface area (Å²) in [5.74, 6) is 0.0355. The Morgan fingerprint density at radius 1 is 1.53 bits per heavy atom. The van der Waals surface area contributed by atoms with Crippen molar-refractivity contribution in [1.82, 2.24) is 4.90 Å². The van der Waals surface area contributed by atoms with Crippen LogP contribution < -0.4 is 0 Å². The van der Waals surface area contributed by atoms with Crippen molar-refractivity contribution in [3.8, 4) is 0 Å². The van der Waals surface area contributed by atoms with E-state index in [1.54, 1.807) is 24.3 Å². The Balaban J connectivity index is 1.98. The topological polar surface area (TPSA) is 49.8 Å². The molecule has 19 heavy (non-hydrogen) atoms. The van der Waals surface area contributed by atoms with Crippen LogP contribution in [0.3, 0.4) is 0 Å². The number of nitrogens with zero attached hydrogens (tertiary/aromatic N) is 1. The highest BCUT2D eigenvalue weighted by molar-refractivity contribution is 6.31. The van der Waals surface area contributed by atoms with E-state index in [0.29, 0.717) is 30.2 Å². The molecule has 1 aliphatic rings. The molecule has 5 heteroatoms. The fourth-order valence-electron chi connectivity index (χ4n) is 2.33. The maximum absolute atomic E-state index is 12.2. The predicted octanol–water partition coefficient (Wildman–Crippen LogP) is 1.60. The minimum absolute atomic E-state index is 0.0216. The molecular weight excluding hydrogens is 266 g/mol. The lowest BCUT2D eigenvalue weighted by Gasteiger charge is -2.35. The smallest absolute Gasteiger partial charge is 0.176 e. The van der Waals surface area contributed by atoms with Gasteiger partial charge >= 0.3 is 0 Å². The Bertz CT molecular complexity index is 452. The zero-order chi connectivity index (χ0) is 13.8. The highest BCUT2D eigenvalue weighted by atomic mass is 35.5. The number of ether oxygens (including phenoxy) is 1. The molecule has 1 saturated heterocycles. The van der Waals surface area contributed by atoms with E-state index in [4.69, 9.17) is 21.4 Å². The molecule has 2 unspecified atom stereocenters. The SMILES string of the molecule is CC1CN(CC(=O)c2cccc(Cl)c2)CC(CO)O1. The standard InChI is InChI=1S/C14H18ClNO3/c1-10-6-16(7-13(9-17)19-10)8-14(18)11-3-2-4-12(15)5-11/h2-5,10,13,17H,6-9H2,1H3. The van der Waals surface area contributed by atoms with Gasteiger partial charge in [0, 0.05) is 23.7 Å². The molecule has 0 radical (unpaired) electrons. The normalized spacial score (nSPS) is 24.4. The summed E-state index contributed by atoms with van der Waals surface area (Å²) in [5, 5.41) is 9.72. The van der Waals surface area contributed by atoms with Crippen molar-refractivity contribution in [2.75, 3.05) is 26.2 Å². The molecule has 0 aliphatic carbocycles. The maximum Gasteiger partial charge on any atom is 0.176 e. The summed E-state index contributed by atoms with van der Waals surface area (Å²) in [6, 6.07) is 6.96. The van der Waals surface area contributed by atoms with Crippen molar-refractivity contribution in [2.45, 2.75) is 19.1 Å². The van der Waals surface area contributed by atoms with Gasteiger partial charge < -0.3 is 9.84 Å². The lowest BCUT2D eigenvalue weighted by molar-refractivity contribution is -0.0926. The molecule has 0 amide bonds. The molecule has 2 atom stereocenters. The fourth-order valence-corrected chi connectivity index (χ4v) is 2.52. The molecule has 0 spiro atoms. The Labute approximate surface area is 117 Å². The molecule has 0 aromatic heterocycles. The fraction of sp³-hybridized carbons (Fsp3) is 0.500. The molecular formula is C14H18ClNO3. The van der Waals surface area contributed by atoms with Crippen LogP contribution >= 0.6 is 11.6 Å². The van der Waals surface area contributed by atoms with Crippen LogP contribution in [0.25, 0.3) is 0 Å². The number of aliphatic hydroxyl groups excluding tert-OH is 1. The number of hydrogen-bond acceptors (Lipinski definition) is 4. The van der Waals surface area contributed by atoms with Gasteiger partial charge in [-0.25, -0.2) is 0 Å². The monoisotopic (exact) mass is 283 g/mol. The highest BCUT2D eigenvalue weighted by Crippen LogP contribution is 2.14. The summed E-state index contributed by atoms with van der Waals surface area (Å²) in [4.78, 5) is 14.2. The van der Waals surface area contributed by atoms with Crippen molar-refractivity contribution in [2.24, 2.45) is 0 Å². The van der Waals surface area contributed by atoms with Gasteiger partial charge in [0.05, 0.1) is 25.4 Å². The maximum atomic E-state index is 12.2. The summed E-state index contributed by atoms with van der Waals surface area (Å²) >= 11 is 5.88. The number of morpholine rings is 1. The number of carbonyl (C=O) groups is 1. The number of aliphatic hydroxyl groups is 1. The second kappa shape index (κ2) is 6.48. The van der Waals surface area contributed by atoms with Gasteiger partial charge in [-0.15, -0.1) is 0 Å². The zero-order valence-electron chi connectivity index (χ0n) is 10.9. The molecule has 2 rings (SSSR count). The van der Waals surface area contributed by atoms with Gasteiger partial charge in [-0.05, 0) is 19.1 Å². The van der Waals surface area contributed by atoms with Crippen LogP contribution in [0.4, 0.5) is 0 Å². The second-order valence-corrected chi connectivity index (χ2v) is 5.32. The number of carbonyl (C=O) groups excluding carboxylic acids is 1. The molecule has 104 valence electrons. The summed E-state index contributed by atoms with van der Waals surface area (Å²) in [6.07, 6.45) is -0.186. The summed E-state index contributed by atoms with van der Waals surface area (Å²) in [7, 11) is 0. The van der Waals surface area contributed by atoms with E-state index in [1.807, 2.05) is 11.8 Å². The summed E-state index contributed by atoms with van der Waals surface area (Å²) < 4.78 is 5.55. The Kier molecular flexibility index (Phi) is 4.93. The van der Waals surface area contributed by atoms with Crippen molar-refractivity contribution in [1.29, 1.82) is 0 Å². The lowest BCUT2D eigenvalue weighted by Crippen LogP contribution is -2.49. The average Bonchev–Trinajstić information content (AvgIpc) is 2.38. The van der Waals surface area contributed by atoms with Gasteiger partial charge in [0.25, 0.3) is 0 Å². The van der Waals surface area contributed by atoms with E-state index >= 15 is 0 Å². The first-order chi connectivity index (χ1) is 9.08. The van der Waals surface area contributed by atoms with Gasteiger partial charge in [-0.1, -0.05) is 23.7 Å². The minimum atomic E-state index is -0.212. The number of hydrogen-bond donors (Lipinski definition) is 1. The van der Waals surface area contributed by atoms with Crippen LogP contribution in [0.1, 0.15) is 17.3 Å². The van der Waals surface area contributed by atoms with Crippen LogP contribution in [0.2, 0.25) is 5.02 Å². The lowest BCUT2D eigenvalue weighted by atomic mass is 10.1. The molecule has 1 aliphatic heterocycles. The summed E-state index contributed by atoms with van der Waals surface area (Å²) in [5.41, 5.74) is 0.618. The zero-order valence-corrected chi connectivity index (χ0v) is 11.6. The molecule has 4 nitrogen and oxygen atoms in total. The van der Waals surface area contributed by atoms with Crippen molar-refractivity contribution >= 4 is 17.4 Å². The van der Waals surface area contributed by atoms with Crippen molar-refractivity contribution < 1.29 is 14.6 Å². The molecule has 1 aromatic rings. The van der Waals surface area contributed by atoms with E-state index in [1.165, 1.54) is 0 Å². The third kappa shape index (κ3) is 4.01. The largest absolute Gasteiger partial charge is 0.394 e. The first-order valence-corrected chi connectivity index (χ1v) is 6.73. The van der Waals surface area contributed by atoms with E-state index in [9.17, 15) is 4.79 Å². The molecule has 0 bridgehead atoms. The number of rotatable bonds is 4. The van der Waals surface area contributed by atoms with Gasteiger partial charge in [-0.2, -0.15) is 0 Å². The van der Waals surface area contributed by atoms with Gasteiger partial charge in [0.1, 0.15) is 0 Å². The van der Waals surface area contributed by atoms with Crippen molar-refractivity contribution in [3.63, 3.8) is 0 Å². The third-order valence-electron chi connectivity index (χ3n) is 3.12. The van der Waals surface area contributed by atoms with E-state index < -0.39 is 0 Å². The van der Waals surface area contributed by atoms with E-state index in [2.05, 4.69) is 0 Å². The molecule has 1 heterocycles. The molecule has 1 fully saturated rings. The Morgan fingerprint density at radius 3 is 3.00 bits per heavy atom. The first kappa shape index (κ1) is 14.5.